The molecule has 0 heterocycles. The molecule has 4 fully saturated rings. The number of ether oxygens (including phenoxy) is 1. The topological polar surface area (TPSA) is 9.23 Å². The molecule has 2 heteroatoms. The minimum Gasteiger partial charge on any atom is -0.384 e. The van der Waals surface area contributed by atoms with Crippen LogP contribution in [-0.4, -0.2) is 13.2 Å². The molecule has 4 aliphatic carbocycles. The van der Waals surface area contributed by atoms with Crippen LogP contribution in [0.5, 0.6) is 0 Å². The van der Waals surface area contributed by atoms with Crippen molar-refractivity contribution < 1.29 is 37.4 Å². The molecule has 0 spiro atoms. The normalized spacial score (nSPS) is 38.7. The van der Waals surface area contributed by atoms with Gasteiger partial charge >= 0.3 is 0 Å². The van der Waals surface area contributed by atoms with Gasteiger partial charge in [0.25, 0.3) is 0 Å². The van der Waals surface area contributed by atoms with E-state index in [1.807, 2.05) is 7.11 Å². The first kappa shape index (κ1) is 24.3. The molecule has 0 aromatic carbocycles. The zero-order valence-electron chi connectivity index (χ0n) is 18.9. The van der Waals surface area contributed by atoms with E-state index in [9.17, 15) is 0 Å². The summed E-state index contributed by atoms with van der Waals surface area (Å²) < 4.78 is 5.46. The van der Waals surface area contributed by atoms with Crippen molar-refractivity contribution in [3.05, 3.63) is 6.42 Å². The van der Waals surface area contributed by atoms with Crippen LogP contribution in [0, 0.1) is 53.8 Å². The molecule has 0 N–H and O–H groups in total. The maximum atomic E-state index is 5.46. The van der Waals surface area contributed by atoms with E-state index < -0.39 is 0 Å². The van der Waals surface area contributed by atoms with Crippen molar-refractivity contribution in [1.82, 2.24) is 0 Å². The van der Waals surface area contributed by atoms with E-state index in [1.165, 1.54) is 77.0 Å². The average molecular weight is 473 g/mol. The van der Waals surface area contributed by atoms with Gasteiger partial charge in [-0.1, -0.05) is 44.9 Å². The maximum absolute atomic E-state index is 5.46. The Kier molecular flexibility index (Phi) is 10.6. The summed E-state index contributed by atoms with van der Waals surface area (Å²) in [5, 5.41) is 0. The van der Waals surface area contributed by atoms with Crippen molar-refractivity contribution in [2.75, 3.05) is 7.11 Å². The molecule has 0 aliphatic heterocycles. The van der Waals surface area contributed by atoms with E-state index >= 15 is 0 Å². The van der Waals surface area contributed by atoms with Crippen LogP contribution in [0.3, 0.4) is 0 Å². The van der Waals surface area contributed by atoms with Gasteiger partial charge in [0.15, 0.2) is 0 Å². The largest absolute Gasteiger partial charge is 0.384 e. The van der Waals surface area contributed by atoms with Crippen molar-refractivity contribution in [2.45, 2.75) is 109 Å². The Morgan fingerprint density at radius 1 is 0.724 bits per heavy atom. The van der Waals surface area contributed by atoms with Gasteiger partial charge in [0, 0.05) is 51.8 Å². The predicted octanol–water partition coefficient (Wildman–Crippen LogP) is 7.20. The van der Waals surface area contributed by atoms with Crippen LogP contribution in [-0.2, 0) is 37.4 Å². The van der Waals surface area contributed by atoms with Gasteiger partial charge in [0.2, 0.25) is 0 Å². The van der Waals surface area contributed by atoms with Crippen LogP contribution in [0.4, 0.5) is 0 Å². The Morgan fingerprint density at radius 2 is 1.34 bits per heavy atom. The first-order valence-electron chi connectivity index (χ1n) is 12.7. The van der Waals surface area contributed by atoms with Crippen molar-refractivity contribution >= 4 is 0 Å². The summed E-state index contributed by atoms with van der Waals surface area (Å²) in [6.07, 6.45) is 25.8. The minimum absolute atomic E-state index is 0. The minimum atomic E-state index is 0. The molecular weight excluding hydrogens is 429 g/mol. The van der Waals surface area contributed by atoms with E-state index in [2.05, 4.69) is 18.3 Å². The second-order valence-corrected chi connectivity index (χ2v) is 10.6. The van der Waals surface area contributed by atoms with Crippen LogP contribution in [0.1, 0.15) is 103 Å². The molecule has 29 heavy (non-hydrogen) atoms. The summed E-state index contributed by atoms with van der Waals surface area (Å²) in [7, 11) is 1.84. The molecular formula is C27H43OY-. The maximum Gasteiger partial charge on any atom is 0.0357 e. The molecule has 0 bridgehead atoms. The van der Waals surface area contributed by atoms with Gasteiger partial charge in [-0.2, -0.15) is 6.42 Å². The molecule has 4 saturated carbocycles. The number of rotatable bonds is 4. The Hall–Kier alpha value is 0.624. The zero-order valence-corrected chi connectivity index (χ0v) is 21.8. The van der Waals surface area contributed by atoms with E-state index in [0.29, 0.717) is 17.9 Å². The van der Waals surface area contributed by atoms with Gasteiger partial charge in [-0.15, -0.1) is 17.8 Å². The molecule has 4 rings (SSSR count). The number of hydrogen-bond donors (Lipinski definition) is 0. The van der Waals surface area contributed by atoms with E-state index in [0.717, 1.165) is 30.1 Å². The molecule has 2 atom stereocenters. The van der Waals surface area contributed by atoms with Gasteiger partial charge in [0.1, 0.15) is 0 Å². The van der Waals surface area contributed by atoms with Gasteiger partial charge in [-0.05, 0) is 75.0 Å². The fraction of sp³-hybridized carbons (Fsp3) is 0.889. The Morgan fingerprint density at radius 3 is 1.93 bits per heavy atom. The zero-order chi connectivity index (χ0) is 19.2. The van der Waals surface area contributed by atoms with E-state index in [-0.39, 0.29) is 32.7 Å². The molecule has 0 amide bonds. The van der Waals surface area contributed by atoms with E-state index in [4.69, 9.17) is 4.74 Å². The molecule has 4 aliphatic rings. The summed E-state index contributed by atoms with van der Waals surface area (Å²) >= 11 is 0. The summed E-state index contributed by atoms with van der Waals surface area (Å²) in [6, 6.07) is 0. The second kappa shape index (κ2) is 12.6. The van der Waals surface area contributed by atoms with Crippen LogP contribution < -0.4 is 0 Å². The quantitative estimate of drug-likeness (QED) is 0.311. The van der Waals surface area contributed by atoms with Crippen LogP contribution in [0.15, 0.2) is 0 Å². The molecule has 1 nitrogen and oxygen atoms in total. The predicted molar refractivity (Wildman–Crippen MR) is 118 cm³/mol. The monoisotopic (exact) mass is 472 g/mol. The van der Waals surface area contributed by atoms with Gasteiger partial charge in [-0.25, -0.2) is 0 Å². The van der Waals surface area contributed by atoms with Gasteiger partial charge in [-0.3, -0.25) is 0 Å². The van der Waals surface area contributed by atoms with Crippen molar-refractivity contribution in [1.29, 1.82) is 0 Å². The summed E-state index contributed by atoms with van der Waals surface area (Å²) in [4.78, 5) is 0. The van der Waals surface area contributed by atoms with Gasteiger partial charge < -0.3 is 11.2 Å². The van der Waals surface area contributed by atoms with E-state index in [1.54, 1.807) is 19.3 Å². The summed E-state index contributed by atoms with van der Waals surface area (Å²) in [5.41, 5.74) is 0. The van der Waals surface area contributed by atoms with Crippen LogP contribution in [0.2, 0.25) is 0 Å². The Balaban J connectivity index is 0.00000240. The first-order chi connectivity index (χ1) is 13.8. The standard InChI is InChI=1S/C27H43O.Y/c1-28-27-18-12-22(13-19-27)7-6-21-8-14-25(15-9-21)26-16-10-24(11-17-26)20-23-4-2-3-5-23;/h12,21-27H,2-5,8-11,13-20H2,1H3;/q-1;. The van der Waals surface area contributed by atoms with Gasteiger partial charge in [0.05, 0.1) is 0 Å². The third-order valence-electron chi connectivity index (χ3n) is 8.76. The second-order valence-electron chi connectivity index (χ2n) is 10.6. The van der Waals surface area contributed by atoms with Crippen LogP contribution in [0.25, 0.3) is 0 Å². The summed E-state index contributed by atoms with van der Waals surface area (Å²) in [5.74, 6) is 12.7. The number of methoxy groups -OCH3 is 1. The SMILES string of the molecule is COC1C[CH-]C(C#CC2CCC(C3CCC(CC4CCCC4)CC3)CC2)CC1.[Y]. The average Bonchev–Trinajstić information content (AvgIpc) is 3.27. The molecule has 1 radical (unpaired) electrons. The molecule has 0 aromatic rings. The van der Waals surface area contributed by atoms with Crippen LogP contribution >= 0.6 is 0 Å². The Labute approximate surface area is 206 Å². The smallest absolute Gasteiger partial charge is 0.0357 e. The fourth-order valence-electron chi connectivity index (χ4n) is 6.84. The Bertz CT molecular complexity index is 504. The van der Waals surface area contributed by atoms with Crippen molar-refractivity contribution in [3.63, 3.8) is 0 Å². The summed E-state index contributed by atoms with van der Waals surface area (Å²) in [6.45, 7) is 0. The first-order valence-corrected chi connectivity index (χ1v) is 12.7. The van der Waals surface area contributed by atoms with Crippen molar-refractivity contribution in [2.24, 2.45) is 35.5 Å². The molecule has 0 saturated heterocycles. The third-order valence-corrected chi connectivity index (χ3v) is 8.76. The van der Waals surface area contributed by atoms with Crippen molar-refractivity contribution in [3.8, 4) is 11.8 Å². The fourth-order valence-corrected chi connectivity index (χ4v) is 6.84. The molecule has 2 unspecified atom stereocenters. The number of hydrogen-bond acceptors (Lipinski definition) is 1. The molecule has 161 valence electrons. The molecule has 0 aromatic heterocycles. The third kappa shape index (κ3) is 7.33.